The molecule has 1 N–H and O–H groups in total. The zero-order valence-electron chi connectivity index (χ0n) is 15.3. The molecular formula is C22H26N2O2. The fourth-order valence-electron chi connectivity index (χ4n) is 4.25. The fraction of sp³-hybridized carbons (Fsp3) is 0.409. The minimum absolute atomic E-state index is 0.162. The Labute approximate surface area is 155 Å². The van der Waals surface area contributed by atoms with Gasteiger partial charge in [-0.25, -0.2) is 0 Å². The first-order chi connectivity index (χ1) is 12.6. The minimum Gasteiger partial charge on any atom is -0.389 e. The van der Waals surface area contributed by atoms with E-state index >= 15 is 0 Å². The molecule has 2 aromatic carbocycles. The smallest absolute Gasteiger partial charge is 0.243 e. The maximum Gasteiger partial charge on any atom is 0.243 e. The molecule has 1 amide bonds. The summed E-state index contributed by atoms with van der Waals surface area (Å²) < 4.78 is 0. The van der Waals surface area contributed by atoms with Gasteiger partial charge < -0.3 is 10.0 Å². The molecule has 2 aromatic rings. The highest BCUT2D eigenvalue weighted by Gasteiger charge is 2.50. The molecule has 0 bridgehead atoms. The van der Waals surface area contributed by atoms with Crippen LogP contribution in [0.15, 0.2) is 54.6 Å². The molecule has 4 nitrogen and oxygen atoms in total. The van der Waals surface area contributed by atoms with E-state index in [1.165, 1.54) is 16.7 Å². The van der Waals surface area contributed by atoms with Crippen LogP contribution in [0.3, 0.4) is 0 Å². The first-order valence-electron chi connectivity index (χ1n) is 9.38. The summed E-state index contributed by atoms with van der Waals surface area (Å²) >= 11 is 0. The third-order valence-corrected chi connectivity index (χ3v) is 5.94. The lowest BCUT2D eigenvalue weighted by atomic mass is 9.89. The molecule has 1 aliphatic heterocycles. The Morgan fingerprint density at radius 1 is 1.08 bits per heavy atom. The molecule has 0 spiro atoms. The van der Waals surface area contributed by atoms with Gasteiger partial charge in [-0.2, -0.15) is 0 Å². The summed E-state index contributed by atoms with van der Waals surface area (Å²) in [6.45, 7) is 1.76. The van der Waals surface area contributed by atoms with Gasteiger partial charge in [-0.15, -0.1) is 0 Å². The molecule has 1 saturated heterocycles. The fourth-order valence-corrected chi connectivity index (χ4v) is 4.25. The first-order valence-corrected chi connectivity index (χ1v) is 9.38. The van der Waals surface area contributed by atoms with Crippen molar-refractivity contribution in [1.82, 2.24) is 9.80 Å². The second-order valence-corrected chi connectivity index (χ2v) is 7.67. The zero-order chi connectivity index (χ0) is 18.1. The Morgan fingerprint density at radius 2 is 1.65 bits per heavy atom. The number of hydrogen-bond donors (Lipinski definition) is 1. The summed E-state index contributed by atoms with van der Waals surface area (Å²) in [5, 5.41) is 9.65. The van der Waals surface area contributed by atoms with Gasteiger partial charge in [0.05, 0.1) is 6.10 Å². The molecule has 1 aliphatic carbocycles. The Kier molecular flexibility index (Phi) is 4.55. The maximum atomic E-state index is 13.4. The standard InChI is InChI=1S/C22H26N2O2/c1-23(12-11-17-7-3-2-4-8-17)22(21(26)24-15-20(25)16-24)13-18-9-5-6-10-19(18)14-22/h2-10,20,25H,11-16H2,1H3. The number of aliphatic hydroxyl groups is 1. The van der Waals surface area contributed by atoms with Crippen molar-refractivity contribution in [1.29, 1.82) is 0 Å². The van der Waals surface area contributed by atoms with E-state index in [1.54, 1.807) is 0 Å². The van der Waals surface area contributed by atoms with Gasteiger partial charge >= 0.3 is 0 Å². The number of fused-ring (bicyclic) bond motifs is 1. The number of nitrogens with zero attached hydrogens (tertiary/aromatic N) is 2. The van der Waals surface area contributed by atoms with Gasteiger partial charge in [-0.1, -0.05) is 54.6 Å². The van der Waals surface area contributed by atoms with E-state index in [0.29, 0.717) is 13.1 Å². The van der Waals surface area contributed by atoms with E-state index in [2.05, 4.69) is 60.5 Å². The van der Waals surface area contributed by atoms with Crippen molar-refractivity contribution in [3.8, 4) is 0 Å². The zero-order valence-corrected chi connectivity index (χ0v) is 15.3. The number of aliphatic hydroxyl groups excluding tert-OH is 1. The summed E-state index contributed by atoms with van der Waals surface area (Å²) in [5.74, 6) is 0.162. The average molecular weight is 350 g/mol. The Morgan fingerprint density at radius 3 is 2.23 bits per heavy atom. The largest absolute Gasteiger partial charge is 0.389 e. The lowest BCUT2D eigenvalue weighted by Gasteiger charge is -2.45. The molecule has 1 heterocycles. The van der Waals surface area contributed by atoms with Crippen LogP contribution in [0.2, 0.25) is 0 Å². The van der Waals surface area contributed by atoms with E-state index in [0.717, 1.165) is 25.8 Å². The summed E-state index contributed by atoms with van der Waals surface area (Å²) in [5.41, 5.74) is 3.30. The topological polar surface area (TPSA) is 43.8 Å². The molecule has 4 rings (SSSR count). The Balaban J connectivity index is 1.56. The highest BCUT2D eigenvalue weighted by atomic mass is 16.3. The molecule has 0 atom stereocenters. The molecule has 0 unspecified atom stereocenters. The first kappa shape index (κ1) is 17.3. The van der Waals surface area contributed by atoms with Gasteiger partial charge in [0, 0.05) is 32.5 Å². The summed E-state index contributed by atoms with van der Waals surface area (Å²) in [6.07, 6.45) is 2.06. The van der Waals surface area contributed by atoms with Gasteiger partial charge in [-0.05, 0) is 30.2 Å². The van der Waals surface area contributed by atoms with Crippen LogP contribution in [0.5, 0.6) is 0 Å². The van der Waals surface area contributed by atoms with E-state index < -0.39 is 5.54 Å². The molecule has 136 valence electrons. The number of likely N-dealkylation sites (N-methyl/N-ethyl adjacent to an activating group) is 1. The monoisotopic (exact) mass is 350 g/mol. The van der Waals surface area contributed by atoms with Crippen LogP contribution in [-0.2, 0) is 24.1 Å². The summed E-state index contributed by atoms with van der Waals surface area (Å²) in [6, 6.07) is 18.8. The van der Waals surface area contributed by atoms with E-state index in [1.807, 2.05) is 11.0 Å². The SMILES string of the molecule is CN(CCc1ccccc1)C1(C(=O)N2CC(O)C2)Cc2ccccc2C1. The normalized spacial score (nSPS) is 18.7. The van der Waals surface area contributed by atoms with Gasteiger partial charge in [0.25, 0.3) is 0 Å². The van der Waals surface area contributed by atoms with Crippen molar-refractivity contribution in [2.45, 2.75) is 30.9 Å². The number of likely N-dealkylation sites (tertiary alicyclic amines) is 1. The lowest BCUT2D eigenvalue weighted by molar-refractivity contribution is -0.153. The minimum atomic E-state index is -0.529. The second-order valence-electron chi connectivity index (χ2n) is 7.67. The van der Waals surface area contributed by atoms with Crippen molar-refractivity contribution in [2.24, 2.45) is 0 Å². The van der Waals surface area contributed by atoms with Crippen LogP contribution in [0, 0.1) is 0 Å². The van der Waals surface area contributed by atoms with Crippen LogP contribution in [0.25, 0.3) is 0 Å². The number of benzene rings is 2. The van der Waals surface area contributed by atoms with Crippen LogP contribution < -0.4 is 0 Å². The van der Waals surface area contributed by atoms with Crippen LogP contribution in [0.1, 0.15) is 16.7 Å². The Hall–Kier alpha value is -2.17. The van der Waals surface area contributed by atoms with Crippen molar-refractivity contribution in [3.63, 3.8) is 0 Å². The molecule has 0 radical (unpaired) electrons. The van der Waals surface area contributed by atoms with Crippen LogP contribution >= 0.6 is 0 Å². The van der Waals surface area contributed by atoms with Crippen LogP contribution in [-0.4, -0.2) is 59.1 Å². The summed E-state index contributed by atoms with van der Waals surface area (Å²) in [7, 11) is 2.07. The average Bonchev–Trinajstić information content (AvgIpc) is 3.04. The van der Waals surface area contributed by atoms with Crippen LogP contribution in [0.4, 0.5) is 0 Å². The number of carbonyl (C=O) groups is 1. The molecule has 0 aromatic heterocycles. The van der Waals surface area contributed by atoms with Gasteiger partial charge in [0.1, 0.15) is 5.54 Å². The number of amides is 1. The lowest BCUT2D eigenvalue weighted by Crippen LogP contribution is -2.65. The third-order valence-electron chi connectivity index (χ3n) is 5.94. The predicted molar refractivity (Wildman–Crippen MR) is 102 cm³/mol. The van der Waals surface area contributed by atoms with Crippen molar-refractivity contribution in [2.75, 3.05) is 26.7 Å². The second kappa shape index (κ2) is 6.86. The molecule has 2 aliphatic rings. The van der Waals surface area contributed by atoms with Crippen molar-refractivity contribution < 1.29 is 9.90 Å². The molecule has 1 fully saturated rings. The number of rotatable bonds is 5. The summed E-state index contributed by atoms with van der Waals surface area (Å²) in [4.78, 5) is 17.4. The van der Waals surface area contributed by atoms with Crippen molar-refractivity contribution in [3.05, 3.63) is 71.3 Å². The molecular weight excluding hydrogens is 324 g/mol. The highest BCUT2D eigenvalue weighted by Crippen LogP contribution is 2.36. The van der Waals surface area contributed by atoms with Crippen molar-refractivity contribution >= 4 is 5.91 Å². The molecule has 0 saturated carbocycles. The van der Waals surface area contributed by atoms with E-state index in [9.17, 15) is 9.90 Å². The maximum absolute atomic E-state index is 13.4. The number of carbonyl (C=O) groups excluding carboxylic acids is 1. The number of hydrogen-bond acceptors (Lipinski definition) is 3. The van der Waals surface area contributed by atoms with Gasteiger partial charge in [-0.3, -0.25) is 9.69 Å². The van der Waals surface area contributed by atoms with E-state index in [-0.39, 0.29) is 12.0 Å². The quantitative estimate of drug-likeness (QED) is 0.896. The van der Waals surface area contributed by atoms with Gasteiger partial charge in [0.2, 0.25) is 5.91 Å². The third kappa shape index (κ3) is 3.04. The van der Waals surface area contributed by atoms with Gasteiger partial charge in [0.15, 0.2) is 0 Å². The van der Waals surface area contributed by atoms with E-state index in [4.69, 9.17) is 0 Å². The molecule has 4 heteroatoms. The number of β-amino-alcohol motifs (C(OH)–C–C–N with tert-alkyl or cyclic N) is 1. The highest BCUT2D eigenvalue weighted by molar-refractivity contribution is 5.89. The Bertz CT molecular complexity index is 759. The molecule has 26 heavy (non-hydrogen) atoms. The predicted octanol–water partition coefficient (Wildman–Crippen LogP) is 1.90.